The summed E-state index contributed by atoms with van der Waals surface area (Å²) in [4.78, 5) is 21.1. The highest BCUT2D eigenvalue weighted by molar-refractivity contribution is 7.79. The van der Waals surface area contributed by atoms with Gasteiger partial charge in [0, 0.05) is 17.8 Å². The fourth-order valence-electron chi connectivity index (χ4n) is 5.74. The van der Waals surface area contributed by atoms with Crippen LogP contribution in [0.15, 0.2) is 97.1 Å². The van der Waals surface area contributed by atoms with Crippen LogP contribution in [0.2, 0.25) is 0 Å². The maximum Gasteiger partial charge on any atom is 0.356 e. The number of hydrogen-bond donors (Lipinski definition) is 5. The number of phenolic OH excluding ortho intramolecular Hbond substituents is 1. The molecule has 222 valence electrons. The molecule has 1 aliphatic heterocycles. The van der Waals surface area contributed by atoms with Crippen LogP contribution < -0.4 is 10.2 Å². The zero-order valence-electron chi connectivity index (χ0n) is 23.4. The first-order valence-electron chi connectivity index (χ1n) is 13.9. The fraction of sp³-hybridized carbons (Fsp3) is 0.273. The number of aliphatic hydroxyl groups excluding tert-OH is 1. The second kappa shape index (κ2) is 14.4. The van der Waals surface area contributed by atoms with Crippen LogP contribution in [0.3, 0.4) is 0 Å². The summed E-state index contributed by atoms with van der Waals surface area (Å²) in [5.74, 6) is 0.0929. The quantitative estimate of drug-likeness (QED) is 0.103. The van der Waals surface area contributed by atoms with E-state index in [0.717, 1.165) is 48.2 Å². The van der Waals surface area contributed by atoms with Crippen molar-refractivity contribution in [1.82, 2.24) is 0 Å². The number of hydrogen-bond acceptors (Lipinski definition) is 5. The Balaban J connectivity index is 0.00000198. The van der Waals surface area contributed by atoms with Crippen molar-refractivity contribution in [2.75, 3.05) is 17.7 Å². The van der Waals surface area contributed by atoms with Gasteiger partial charge in [-0.2, -0.15) is 12.6 Å². The number of para-hydroxylation sites is 1. The van der Waals surface area contributed by atoms with Crippen molar-refractivity contribution in [3.05, 3.63) is 114 Å². The molecule has 0 amide bonds. The monoisotopic (exact) mass is 609 g/mol. The Morgan fingerprint density at radius 1 is 0.929 bits per heavy atom. The first-order chi connectivity index (χ1) is 20.2. The van der Waals surface area contributed by atoms with E-state index in [1.165, 1.54) is 24.3 Å². The smallest absolute Gasteiger partial charge is 0.356 e. The molecule has 1 aliphatic rings. The van der Waals surface area contributed by atoms with E-state index < -0.39 is 13.7 Å². The van der Waals surface area contributed by atoms with Crippen LogP contribution in [0.4, 0.5) is 10.1 Å². The van der Waals surface area contributed by atoms with Crippen molar-refractivity contribution in [3.8, 4) is 16.9 Å². The molecule has 1 saturated heterocycles. The van der Waals surface area contributed by atoms with E-state index in [1.54, 1.807) is 36.6 Å². The van der Waals surface area contributed by atoms with Crippen molar-refractivity contribution in [1.29, 1.82) is 0 Å². The molecule has 0 radical (unpaired) electrons. The van der Waals surface area contributed by atoms with E-state index in [4.69, 9.17) is 0 Å². The second-order valence-corrected chi connectivity index (χ2v) is 12.0. The zero-order valence-corrected chi connectivity index (χ0v) is 25.2. The van der Waals surface area contributed by atoms with E-state index >= 15 is 0 Å². The summed E-state index contributed by atoms with van der Waals surface area (Å²) in [5, 5.41) is 21.8. The highest BCUT2D eigenvalue weighted by Crippen LogP contribution is 2.46. The summed E-state index contributed by atoms with van der Waals surface area (Å²) >= 11 is 3.53. The molecular formula is C33H37FNO5PS. The van der Waals surface area contributed by atoms with Crippen LogP contribution >= 0.6 is 20.2 Å². The van der Waals surface area contributed by atoms with Crippen molar-refractivity contribution < 1.29 is 29.0 Å². The molecule has 4 aromatic carbocycles. The lowest BCUT2D eigenvalue weighted by Crippen LogP contribution is -2.25. The number of phenols is 1. The van der Waals surface area contributed by atoms with Gasteiger partial charge in [0.25, 0.3) is 0 Å². The Kier molecular flexibility index (Phi) is 10.9. The Hall–Kier alpha value is -3.13. The van der Waals surface area contributed by atoms with Crippen molar-refractivity contribution >= 4 is 31.2 Å². The predicted molar refractivity (Wildman–Crippen MR) is 170 cm³/mol. The summed E-state index contributed by atoms with van der Waals surface area (Å²) in [7, 11) is -4.33. The lowest BCUT2D eigenvalue weighted by Gasteiger charge is -2.31. The van der Waals surface area contributed by atoms with Crippen LogP contribution in [0.5, 0.6) is 5.75 Å². The summed E-state index contributed by atoms with van der Waals surface area (Å²) in [5.41, 5.74) is 4.11. The highest BCUT2D eigenvalue weighted by atomic mass is 32.1. The molecular weight excluding hydrogens is 572 g/mol. The van der Waals surface area contributed by atoms with E-state index in [1.807, 2.05) is 30.3 Å². The molecule has 0 aliphatic carbocycles. The minimum absolute atomic E-state index is 0.0473. The Bertz CT molecular complexity index is 1480. The van der Waals surface area contributed by atoms with E-state index in [9.17, 15) is 29.0 Å². The van der Waals surface area contributed by atoms with Crippen LogP contribution in [0, 0.1) is 11.7 Å². The number of halogens is 1. The van der Waals surface area contributed by atoms with Gasteiger partial charge in [-0.05, 0) is 90.6 Å². The summed E-state index contributed by atoms with van der Waals surface area (Å²) < 4.78 is 24.8. The Morgan fingerprint density at radius 2 is 1.57 bits per heavy atom. The Labute approximate surface area is 252 Å². The minimum atomic E-state index is -4.33. The predicted octanol–water partition coefficient (Wildman–Crippen LogP) is 7.02. The molecule has 0 bridgehead atoms. The zero-order chi connectivity index (χ0) is 30.3. The van der Waals surface area contributed by atoms with Gasteiger partial charge in [0.2, 0.25) is 0 Å². The summed E-state index contributed by atoms with van der Waals surface area (Å²) in [6.45, 7) is 0.838. The molecule has 4 aromatic rings. The number of aromatic hydroxyl groups is 1. The van der Waals surface area contributed by atoms with E-state index in [2.05, 4.69) is 29.7 Å². The number of rotatable bonds is 9. The number of benzene rings is 4. The van der Waals surface area contributed by atoms with Crippen molar-refractivity contribution in [2.24, 2.45) is 5.92 Å². The van der Waals surface area contributed by atoms with E-state index in [0.29, 0.717) is 12.0 Å². The summed E-state index contributed by atoms with van der Waals surface area (Å²) in [6, 6.07) is 27.7. The molecule has 1 fully saturated rings. The molecule has 4 N–H and O–H groups in total. The van der Waals surface area contributed by atoms with Crippen molar-refractivity contribution in [3.63, 3.8) is 0 Å². The fourth-order valence-corrected chi connectivity index (χ4v) is 6.27. The molecule has 0 spiro atoms. The van der Waals surface area contributed by atoms with Gasteiger partial charge in [0.1, 0.15) is 11.6 Å². The molecule has 6 nitrogen and oxygen atoms in total. The van der Waals surface area contributed by atoms with Gasteiger partial charge in [0.15, 0.2) is 0 Å². The van der Waals surface area contributed by atoms with Crippen molar-refractivity contribution in [2.45, 2.75) is 37.8 Å². The third-order valence-corrected chi connectivity index (χ3v) is 8.78. The molecule has 3 unspecified atom stereocenters. The normalized spacial score (nSPS) is 17.4. The molecule has 0 saturated carbocycles. The molecule has 1 heterocycles. The van der Waals surface area contributed by atoms with Gasteiger partial charge in [-0.1, -0.05) is 61.0 Å². The standard InChI is InChI=1S/C32H33FNO5P.CH4S/c33-26-14-9-23(10-15-26)30(35)8-4-5-24-19-20-34(27-6-2-1-3-7-27)32(24)29-18-13-25(21-31(29)36)22-11-16-28(17-12-22)40(37,38)39;1-2/h1-3,6-7,9-18,21,24,30,32,35-36H,4-5,8,19-20H2,(H2,37,38,39);2H,1H3. The van der Waals surface area contributed by atoms with Gasteiger partial charge in [-0.25, -0.2) is 4.39 Å². The lowest BCUT2D eigenvalue weighted by atomic mass is 9.87. The van der Waals surface area contributed by atoms with Gasteiger partial charge in [-0.15, -0.1) is 0 Å². The molecule has 9 heteroatoms. The maximum absolute atomic E-state index is 13.3. The Morgan fingerprint density at radius 3 is 2.19 bits per heavy atom. The SMILES string of the molecule is CS.O=P(O)(O)c1ccc(-c2ccc(C3C(CCCC(O)c4ccc(F)cc4)CCN3c3ccccc3)c(O)c2)cc1. The van der Waals surface area contributed by atoms with Crippen LogP contribution in [-0.4, -0.2) is 32.8 Å². The van der Waals surface area contributed by atoms with Gasteiger partial charge in [-0.3, -0.25) is 4.57 Å². The van der Waals surface area contributed by atoms with Crippen LogP contribution in [-0.2, 0) is 4.57 Å². The molecule has 0 aromatic heterocycles. The second-order valence-electron chi connectivity index (χ2n) is 10.4. The molecule has 42 heavy (non-hydrogen) atoms. The molecule has 5 rings (SSSR count). The largest absolute Gasteiger partial charge is 0.508 e. The van der Waals surface area contributed by atoms with Crippen LogP contribution in [0.1, 0.15) is 49.0 Å². The number of thiol groups is 1. The lowest BCUT2D eigenvalue weighted by molar-refractivity contribution is 0.160. The van der Waals surface area contributed by atoms with Gasteiger partial charge < -0.3 is 24.9 Å². The van der Waals surface area contributed by atoms with E-state index in [-0.39, 0.29) is 28.8 Å². The average Bonchev–Trinajstić information content (AvgIpc) is 3.42. The van der Waals surface area contributed by atoms with Gasteiger partial charge >= 0.3 is 7.60 Å². The highest BCUT2D eigenvalue weighted by Gasteiger charge is 2.36. The maximum atomic E-state index is 13.3. The van der Waals surface area contributed by atoms with Gasteiger partial charge in [0.05, 0.1) is 17.5 Å². The topological polar surface area (TPSA) is 101 Å². The number of anilines is 1. The third-order valence-electron chi connectivity index (χ3n) is 7.80. The summed E-state index contributed by atoms with van der Waals surface area (Å²) in [6.07, 6.45) is 4.19. The number of nitrogens with zero attached hydrogens (tertiary/aromatic N) is 1. The average molecular weight is 610 g/mol. The van der Waals surface area contributed by atoms with Crippen LogP contribution in [0.25, 0.3) is 11.1 Å². The first kappa shape index (κ1) is 31.8. The minimum Gasteiger partial charge on any atom is -0.508 e. The third kappa shape index (κ3) is 7.63. The number of aliphatic hydroxyl groups is 1. The molecule has 3 atom stereocenters. The first-order valence-corrected chi connectivity index (χ1v) is 16.4.